The molecule has 1 atom stereocenters. The van der Waals surface area contributed by atoms with Gasteiger partial charge in [0, 0.05) is 11.1 Å². The Bertz CT molecular complexity index is 568. The highest BCUT2D eigenvalue weighted by atomic mass is 35.5. The molecule has 0 amide bonds. The Morgan fingerprint density at radius 3 is 2.89 bits per heavy atom. The number of nitrogens with zero attached hydrogens (tertiary/aromatic N) is 2. The lowest BCUT2D eigenvalue weighted by molar-refractivity contribution is 0.514. The Labute approximate surface area is 112 Å². The van der Waals surface area contributed by atoms with E-state index in [9.17, 15) is 0 Å². The molecule has 1 heterocycles. The summed E-state index contributed by atoms with van der Waals surface area (Å²) in [6, 6.07) is 6.95. The second-order valence-corrected chi connectivity index (χ2v) is 5.39. The van der Waals surface area contributed by atoms with E-state index in [1.165, 1.54) is 18.4 Å². The summed E-state index contributed by atoms with van der Waals surface area (Å²) in [5.41, 5.74) is 2.23. The van der Waals surface area contributed by atoms with Gasteiger partial charge < -0.3 is 9.88 Å². The minimum atomic E-state index is 0.316. The van der Waals surface area contributed by atoms with Crippen molar-refractivity contribution in [3.8, 4) is 0 Å². The summed E-state index contributed by atoms with van der Waals surface area (Å²) in [6.45, 7) is 2.19. The first-order valence-corrected chi connectivity index (χ1v) is 6.97. The molecule has 1 aromatic carbocycles. The molecule has 3 rings (SSSR count). The molecule has 1 saturated carbocycles. The molecule has 18 heavy (non-hydrogen) atoms. The van der Waals surface area contributed by atoms with Crippen molar-refractivity contribution in [1.29, 1.82) is 0 Å². The van der Waals surface area contributed by atoms with E-state index in [2.05, 4.69) is 22.9 Å². The van der Waals surface area contributed by atoms with Gasteiger partial charge in [0.25, 0.3) is 0 Å². The summed E-state index contributed by atoms with van der Waals surface area (Å²) < 4.78 is 2.40. The van der Waals surface area contributed by atoms with Crippen LogP contribution in [-0.4, -0.2) is 16.6 Å². The first-order chi connectivity index (χ1) is 8.74. The fourth-order valence-corrected chi connectivity index (χ4v) is 2.73. The predicted molar refractivity (Wildman–Crippen MR) is 75.1 cm³/mol. The van der Waals surface area contributed by atoms with Crippen LogP contribution in [0.25, 0.3) is 11.0 Å². The van der Waals surface area contributed by atoms with Crippen molar-refractivity contribution in [3.05, 3.63) is 29.0 Å². The van der Waals surface area contributed by atoms with Crippen LogP contribution in [-0.2, 0) is 0 Å². The third-order valence-electron chi connectivity index (χ3n) is 3.66. The molecule has 3 nitrogen and oxygen atoms in total. The first kappa shape index (κ1) is 12.0. The second-order valence-electron chi connectivity index (χ2n) is 4.95. The standard InChI is InChI=1S/C14H18ClN3/c1-3-11(16-2)14-17-12-8-9(15)4-7-13(12)18(14)10-5-6-10/h4,7-8,10-11,16H,3,5-6H2,1-2H3. The maximum absolute atomic E-state index is 6.06. The Hall–Kier alpha value is -1.06. The second kappa shape index (κ2) is 4.56. The largest absolute Gasteiger partial charge is 0.324 e. The molecule has 96 valence electrons. The van der Waals surface area contributed by atoms with Crippen LogP contribution in [0.2, 0.25) is 5.02 Å². The van der Waals surface area contributed by atoms with Crippen LogP contribution in [0.3, 0.4) is 0 Å². The monoisotopic (exact) mass is 263 g/mol. The van der Waals surface area contributed by atoms with Crippen molar-refractivity contribution in [1.82, 2.24) is 14.9 Å². The van der Waals surface area contributed by atoms with Gasteiger partial charge in [-0.25, -0.2) is 4.98 Å². The molecule has 0 radical (unpaired) electrons. The van der Waals surface area contributed by atoms with Gasteiger partial charge in [-0.3, -0.25) is 0 Å². The van der Waals surface area contributed by atoms with Crippen molar-refractivity contribution in [2.24, 2.45) is 0 Å². The quantitative estimate of drug-likeness (QED) is 0.912. The zero-order chi connectivity index (χ0) is 12.7. The summed E-state index contributed by atoms with van der Waals surface area (Å²) in [5, 5.41) is 4.11. The van der Waals surface area contributed by atoms with Crippen molar-refractivity contribution in [3.63, 3.8) is 0 Å². The summed E-state index contributed by atoms with van der Waals surface area (Å²) in [7, 11) is 2.00. The van der Waals surface area contributed by atoms with Gasteiger partial charge >= 0.3 is 0 Å². The zero-order valence-electron chi connectivity index (χ0n) is 10.8. The minimum Gasteiger partial charge on any atom is -0.324 e. The average molecular weight is 264 g/mol. The number of halogens is 1. The summed E-state index contributed by atoms with van der Waals surface area (Å²) in [6.07, 6.45) is 3.57. The number of fused-ring (bicyclic) bond motifs is 1. The number of rotatable bonds is 4. The number of aromatic nitrogens is 2. The highest BCUT2D eigenvalue weighted by Crippen LogP contribution is 2.40. The van der Waals surface area contributed by atoms with Gasteiger partial charge in [-0.1, -0.05) is 18.5 Å². The SMILES string of the molecule is CCC(NC)c1nc2cc(Cl)ccc2n1C1CC1. The molecule has 0 saturated heterocycles. The molecule has 1 N–H and O–H groups in total. The van der Waals surface area contributed by atoms with Crippen LogP contribution in [0.4, 0.5) is 0 Å². The lowest BCUT2D eigenvalue weighted by Gasteiger charge is -2.15. The van der Waals surface area contributed by atoms with Gasteiger partial charge in [-0.05, 0) is 44.5 Å². The normalized spacial score (nSPS) is 17.3. The van der Waals surface area contributed by atoms with E-state index in [1.54, 1.807) is 0 Å². The predicted octanol–water partition coefficient (Wildman–Crippen LogP) is 3.70. The van der Waals surface area contributed by atoms with E-state index in [1.807, 2.05) is 19.2 Å². The van der Waals surface area contributed by atoms with Gasteiger partial charge in [-0.2, -0.15) is 0 Å². The zero-order valence-corrected chi connectivity index (χ0v) is 11.5. The molecule has 1 aliphatic rings. The summed E-state index contributed by atoms with van der Waals surface area (Å²) in [5.74, 6) is 1.15. The van der Waals surface area contributed by atoms with Crippen LogP contribution in [0.15, 0.2) is 18.2 Å². The number of imidazole rings is 1. The third kappa shape index (κ3) is 1.91. The molecule has 1 aromatic heterocycles. The third-order valence-corrected chi connectivity index (χ3v) is 3.89. The molecular weight excluding hydrogens is 246 g/mol. The molecule has 1 aliphatic carbocycles. The Morgan fingerprint density at radius 1 is 1.50 bits per heavy atom. The van der Waals surface area contributed by atoms with Gasteiger partial charge in [0.15, 0.2) is 0 Å². The highest BCUT2D eigenvalue weighted by molar-refractivity contribution is 6.31. The van der Waals surface area contributed by atoms with E-state index in [-0.39, 0.29) is 0 Å². The van der Waals surface area contributed by atoms with E-state index >= 15 is 0 Å². The fraction of sp³-hybridized carbons (Fsp3) is 0.500. The average Bonchev–Trinajstić information content (AvgIpc) is 3.13. The van der Waals surface area contributed by atoms with E-state index < -0.39 is 0 Å². The van der Waals surface area contributed by atoms with Crippen LogP contribution in [0, 0.1) is 0 Å². The fourth-order valence-electron chi connectivity index (χ4n) is 2.57. The van der Waals surface area contributed by atoms with Crippen molar-refractivity contribution >= 4 is 22.6 Å². The molecule has 0 aliphatic heterocycles. The highest BCUT2D eigenvalue weighted by Gasteiger charge is 2.30. The van der Waals surface area contributed by atoms with Gasteiger partial charge in [0.1, 0.15) is 5.82 Å². The molecule has 4 heteroatoms. The molecule has 1 fully saturated rings. The summed E-state index contributed by atoms with van der Waals surface area (Å²) in [4.78, 5) is 4.79. The maximum atomic E-state index is 6.06. The van der Waals surface area contributed by atoms with E-state index in [0.717, 1.165) is 22.8 Å². The van der Waals surface area contributed by atoms with Crippen molar-refractivity contribution in [2.75, 3.05) is 7.05 Å². The topological polar surface area (TPSA) is 29.9 Å². The number of benzene rings is 1. The molecule has 2 aromatic rings. The van der Waals surface area contributed by atoms with Gasteiger partial charge in [-0.15, -0.1) is 0 Å². The Kier molecular flexibility index (Phi) is 3.04. The number of nitrogens with one attached hydrogen (secondary N) is 1. The number of hydrogen-bond donors (Lipinski definition) is 1. The van der Waals surface area contributed by atoms with Crippen molar-refractivity contribution < 1.29 is 0 Å². The van der Waals surface area contributed by atoms with Crippen LogP contribution < -0.4 is 5.32 Å². The van der Waals surface area contributed by atoms with Crippen LogP contribution in [0.1, 0.15) is 44.1 Å². The van der Waals surface area contributed by atoms with E-state index in [4.69, 9.17) is 16.6 Å². The molecule has 0 spiro atoms. The van der Waals surface area contributed by atoms with Crippen LogP contribution in [0.5, 0.6) is 0 Å². The van der Waals surface area contributed by atoms with Gasteiger partial charge in [0.05, 0.1) is 17.1 Å². The Morgan fingerprint density at radius 2 is 2.28 bits per heavy atom. The molecular formula is C14H18ClN3. The maximum Gasteiger partial charge on any atom is 0.127 e. The smallest absolute Gasteiger partial charge is 0.127 e. The lowest BCUT2D eigenvalue weighted by Crippen LogP contribution is -2.19. The van der Waals surface area contributed by atoms with Crippen LogP contribution >= 0.6 is 11.6 Å². The van der Waals surface area contributed by atoms with E-state index in [0.29, 0.717) is 12.1 Å². The Balaban J connectivity index is 2.19. The van der Waals surface area contributed by atoms with Crippen molar-refractivity contribution in [2.45, 2.75) is 38.3 Å². The van der Waals surface area contributed by atoms with Gasteiger partial charge in [0.2, 0.25) is 0 Å². The molecule has 1 unspecified atom stereocenters. The lowest BCUT2D eigenvalue weighted by atomic mass is 10.2. The first-order valence-electron chi connectivity index (χ1n) is 6.59. The summed E-state index contributed by atoms with van der Waals surface area (Å²) >= 11 is 6.06. The minimum absolute atomic E-state index is 0.316. The molecule has 0 bridgehead atoms. The number of hydrogen-bond acceptors (Lipinski definition) is 2.